The van der Waals surface area contributed by atoms with Gasteiger partial charge >= 0.3 is 0 Å². The molecule has 1 saturated heterocycles. The van der Waals surface area contributed by atoms with E-state index >= 15 is 0 Å². The lowest BCUT2D eigenvalue weighted by Gasteiger charge is -2.17. The van der Waals surface area contributed by atoms with Crippen molar-refractivity contribution in [2.45, 2.75) is 31.2 Å². The molecule has 1 aliphatic rings. The maximum atomic E-state index is 12.5. The van der Waals surface area contributed by atoms with Gasteiger partial charge in [-0.1, -0.05) is 6.07 Å². The molecule has 2 rings (SSSR count). The number of nitrogens with zero attached hydrogens (tertiary/aromatic N) is 1. The van der Waals surface area contributed by atoms with Gasteiger partial charge in [0.15, 0.2) is 0 Å². The number of likely N-dealkylation sites (N-methyl/N-ethyl adjacent to an activating group) is 1. The Bertz CT molecular complexity index is 546. The van der Waals surface area contributed by atoms with Crippen molar-refractivity contribution in [2.24, 2.45) is 0 Å². The van der Waals surface area contributed by atoms with Gasteiger partial charge in [0, 0.05) is 19.1 Å². The topological polar surface area (TPSA) is 49.4 Å². The van der Waals surface area contributed by atoms with Gasteiger partial charge in [-0.05, 0) is 50.6 Å². The summed E-state index contributed by atoms with van der Waals surface area (Å²) in [7, 11) is -1.46. The molecular formula is C13H21ClN2O2S. The van der Waals surface area contributed by atoms with Gasteiger partial charge in [0.05, 0.1) is 4.90 Å². The third-order valence-electron chi connectivity index (χ3n) is 3.68. The van der Waals surface area contributed by atoms with Gasteiger partial charge in [-0.3, -0.25) is 0 Å². The fourth-order valence-electron chi connectivity index (χ4n) is 2.21. The Hall–Kier alpha value is -0.620. The molecule has 1 atom stereocenters. The fraction of sp³-hybridized carbons (Fsp3) is 0.538. The molecule has 6 heteroatoms. The van der Waals surface area contributed by atoms with Crippen LogP contribution in [0.5, 0.6) is 0 Å². The summed E-state index contributed by atoms with van der Waals surface area (Å²) < 4.78 is 26.5. The summed E-state index contributed by atoms with van der Waals surface area (Å²) in [4.78, 5) is 0.405. The van der Waals surface area contributed by atoms with E-state index in [0.29, 0.717) is 18.0 Å². The van der Waals surface area contributed by atoms with Crippen LogP contribution in [-0.4, -0.2) is 38.9 Å². The number of hydrogen-bond donors (Lipinski definition) is 1. The van der Waals surface area contributed by atoms with E-state index in [-0.39, 0.29) is 18.4 Å². The summed E-state index contributed by atoms with van der Waals surface area (Å²) in [5.41, 5.74) is 2.13. The molecule has 19 heavy (non-hydrogen) atoms. The maximum Gasteiger partial charge on any atom is 0.243 e. The minimum absolute atomic E-state index is 0. The van der Waals surface area contributed by atoms with Gasteiger partial charge in [0.2, 0.25) is 10.0 Å². The molecule has 1 aliphatic heterocycles. The van der Waals surface area contributed by atoms with Crippen LogP contribution in [0.25, 0.3) is 0 Å². The Balaban J connectivity index is 0.00000180. The molecule has 0 spiro atoms. The van der Waals surface area contributed by atoms with Gasteiger partial charge in [-0.15, -0.1) is 12.4 Å². The van der Waals surface area contributed by atoms with Crippen molar-refractivity contribution in [3.63, 3.8) is 0 Å². The summed E-state index contributed by atoms with van der Waals surface area (Å²) in [5, 5.41) is 3.13. The molecule has 108 valence electrons. The van der Waals surface area contributed by atoms with Crippen LogP contribution in [0.4, 0.5) is 0 Å². The van der Waals surface area contributed by atoms with Crippen LogP contribution in [0.1, 0.15) is 17.5 Å². The van der Waals surface area contributed by atoms with Crippen molar-refractivity contribution in [2.75, 3.05) is 20.1 Å². The van der Waals surface area contributed by atoms with E-state index in [1.807, 2.05) is 27.0 Å². The molecule has 0 radical (unpaired) electrons. The highest BCUT2D eigenvalue weighted by molar-refractivity contribution is 7.89. The number of nitrogens with one attached hydrogen (secondary N) is 1. The van der Waals surface area contributed by atoms with E-state index in [9.17, 15) is 8.42 Å². The smallest absolute Gasteiger partial charge is 0.243 e. The monoisotopic (exact) mass is 304 g/mol. The average molecular weight is 305 g/mol. The van der Waals surface area contributed by atoms with E-state index in [0.717, 1.165) is 17.5 Å². The second kappa shape index (κ2) is 6.22. The lowest BCUT2D eigenvalue weighted by atomic mass is 10.1. The summed E-state index contributed by atoms with van der Waals surface area (Å²) in [5.74, 6) is 0. The van der Waals surface area contributed by atoms with Crippen LogP contribution >= 0.6 is 12.4 Å². The Morgan fingerprint density at radius 2 is 1.95 bits per heavy atom. The largest absolute Gasteiger partial charge is 0.316 e. The summed E-state index contributed by atoms with van der Waals surface area (Å²) >= 11 is 0. The Labute approximate surface area is 121 Å². The molecule has 0 bridgehead atoms. The second-order valence-electron chi connectivity index (χ2n) is 4.88. The van der Waals surface area contributed by atoms with E-state index < -0.39 is 10.0 Å². The van der Waals surface area contributed by atoms with Crippen molar-refractivity contribution in [1.29, 1.82) is 0 Å². The number of sulfonamides is 1. The number of benzene rings is 1. The Morgan fingerprint density at radius 3 is 2.47 bits per heavy atom. The number of rotatable bonds is 3. The third-order valence-corrected chi connectivity index (χ3v) is 5.54. The third kappa shape index (κ3) is 3.28. The van der Waals surface area contributed by atoms with Crippen LogP contribution in [0.3, 0.4) is 0 Å². The zero-order valence-electron chi connectivity index (χ0n) is 11.5. The lowest BCUT2D eigenvalue weighted by Crippen LogP contribution is -2.33. The van der Waals surface area contributed by atoms with Gasteiger partial charge in [0.1, 0.15) is 0 Å². The van der Waals surface area contributed by atoms with Crippen molar-refractivity contribution in [3.05, 3.63) is 29.3 Å². The Kier molecular flexibility index (Phi) is 5.38. The van der Waals surface area contributed by atoms with Crippen molar-refractivity contribution in [1.82, 2.24) is 9.62 Å². The molecule has 0 aromatic heterocycles. The molecule has 0 saturated carbocycles. The highest BCUT2D eigenvalue weighted by atomic mass is 35.5. The summed E-state index contributed by atoms with van der Waals surface area (Å²) in [6.45, 7) is 5.08. The highest BCUT2D eigenvalue weighted by Crippen LogP contribution is 2.22. The molecule has 0 aliphatic carbocycles. The SMILES string of the molecule is CNC1CCN(S(=O)(=O)c2ccc(C)c(C)c2)C1.Cl. The minimum atomic E-state index is -3.33. The molecule has 0 amide bonds. The van der Waals surface area contributed by atoms with Crippen LogP contribution in [0.2, 0.25) is 0 Å². The van der Waals surface area contributed by atoms with Crippen LogP contribution in [-0.2, 0) is 10.0 Å². The highest BCUT2D eigenvalue weighted by Gasteiger charge is 2.31. The first kappa shape index (κ1) is 16.4. The Morgan fingerprint density at radius 1 is 1.26 bits per heavy atom. The first-order valence-electron chi connectivity index (χ1n) is 6.20. The normalized spacial score (nSPS) is 20.3. The quantitative estimate of drug-likeness (QED) is 0.925. The van der Waals surface area contributed by atoms with Crippen LogP contribution < -0.4 is 5.32 Å². The maximum absolute atomic E-state index is 12.5. The van der Waals surface area contributed by atoms with Gasteiger partial charge in [-0.25, -0.2) is 8.42 Å². The molecule has 4 nitrogen and oxygen atoms in total. The molecule has 1 aromatic rings. The number of aryl methyl sites for hydroxylation is 2. The zero-order valence-corrected chi connectivity index (χ0v) is 13.1. The first-order valence-corrected chi connectivity index (χ1v) is 7.64. The van der Waals surface area contributed by atoms with Crippen molar-refractivity contribution in [3.8, 4) is 0 Å². The van der Waals surface area contributed by atoms with E-state index in [2.05, 4.69) is 5.32 Å². The summed E-state index contributed by atoms with van der Waals surface area (Å²) in [6.07, 6.45) is 0.876. The molecule has 1 unspecified atom stereocenters. The van der Waals surface area contributed by atoms with E-state index in [4.69, 9.17) is 0 Å². The predicted octanol–water partition coefficient (Wildman–Crippen LogP) is 1.71. The summed E-state index contributed by atoms with van der Waals surface area (Å²) in [6, 6.07) is 5.60. The number of halogens is 1. The van der Waals surface area contributed by atoms with Gasteiger partial charge in [0.25, 0.3) is 0 Å². The van der Waals surface area contributed by atoms with Crippen LogP contribution in [0, 0.1) is 13.8 Å². The number of hydrogen-bond acceptors (Lipinski definition) is 3. The second-order valence-corrected chi connectivity index (χ2v) is 6.82. The zero-order chi connectivity index (χ0) is 13.3. The van der Waals surface area contributed by atoms with Gasteiger partial charge < -0.3 is 5.32 Å². The van der Waals surface area contributed by atoms with Crippen molar-refractivity contribution >= 4 is 22.4 Å². The van der Waals surface area contributed by atoms with Gasteiger partial charge in [-0.2, -0.15) is 4.31 Å². The average Bonchev–Trinajstić information content (AvgIpc) is 2.81. The molecular weight excluding hydrogens is 284 g/mol. The first-order chi connectivity index (χ1) is 8.45. The van der Waals surface area contributed by atoms with Crippen molar-refractivity contribution < 1.29 is 8.42 Å². The minimum Gasteiger partial charge on any atom is -0.316 e. The van der Waals surface area contributed by atoms with E-state index in [1.54, 1.807) is 16.4 Å². The standard InChI is InChI=1S/C13H20N2O2S.ClH/c1-10-4-5-13(8-11(10)2)18(16,17)15-7-6-12(9-15)14-3;/h4-5,8,12,14H,6-7,9H2,1-3H3;1H. The predicted molar refractivity (Wildman–Crippen MR) is 79.4 cm³/mol. The van der Waals surface area contributed by atoms with E-state index in [1.165, 1.54) is 0 Å². The molecule has 1 heterocycles. The van der Waals surface area contributed by atoms with Crippen LogP contribution in [0.15, 0.2) is 23.1 Å². The lowest BCUT2D eigenvalue weighted by molar-refractivity contribution is 0.464. The molecule has 1 N–H and O–H groups in total. The molecule has 1 fully saturated rings. The fourth-order valence-corrected chi connectivity index (χ4v) is 3.79. The molecule has 1 aromatic carbocycles.